The first kappa shape index (κ1) is 26.8. The molecule has 6 aromatic rings. The summed E-state index contributed by atoms with van der Waals surface area (Å²) in [6, 6.07) is 24.5. The van der Waals surface area contributed by atoms with Gasteiger partial charge in [0.1, 0.15) is 17.1 Å². The van der Waals surface area contributed by atoms with Crippen molar-refractivity contribution in [2.45, 2.75) is 19.8 Å². The largest absolute Gasteiger partial charge is 0.426 e. The van der Waals surface area contributed by atoms with Gasteiger partial charge in [-0.1, -0.05) is 35.9 Å². The average Bonchev–Trinajstić information content (AvgIpc) is 3.71. The zero-order valence-corrected chi connectivity index (χ0v) is 24.2. The molecule has 1 atom stereocenters. The fraction of sp³-hybridized carbons (Fsp3) is 0.147. The molecule has 8 nitrogen and oxygen atoms in total. The molecule has 0 spiro atoms. The minimum absolute atomic E-state index is 0.0864. The normalized spacial score (nSPS) is 14.4. The second-order valence-electron chi connectivity index (χ2n) is 10.9. The molecule has 9 heteroatoms. The number of amides is 2. The lowest BCUT2D eigenvalue weighted by molar-refractivity contribution is -0.131. The molecular formula is C34H27ClN4O4. The number of carbonyl (C=O) groups is 3. The molecule has 0 radical (unpaired) electrons. The number of rotatable bonds is 5. The predicted octanol–water partition coefficient (Wildman–Crippen LogP) is 7.27. The van der Waals surface area contributed by atoms with E-state index < -0.39 is 5.97 Å². The standard InChI is InChI=1S/C34H27ClN4O4/c1-18-7-9-26-20(11-18)13-28(37-26)33(41)36-23-8-10-27-21(12-23)14-29(38-27)34(42)39-17-22(16-35)32-25-6-4-3-5-24(25)31(15-30(32)39)43-19(2)40/h3-15,22,37-38H,16-17H2,1-2H3,(H,36,41). The smallest absolute Gasteiger partial charge is 0.308 e. The number of hydrogen-bond acceptors (Lipinski definition) is 4. The van der Waals surface area contributed by atoms with Crippen LogP contribution in [0.5, 0.6) is 5.75 Å². The molecule has 3 heterocycles. The van der Waals surface area contributed by atoms with Gasteiger partial charge in [-0.15, -0.1) is 11.6 Å². The SMILES string of the molecule is CC(=O)Oc1cc2c(c3ccccc13)C(CCl)CN2C(=O)c1cc2cc(NC(=O)c3cc4cc(C)ccc4[nH]3)ccc2[nH]1. The molecule has 7 rings (SSSR count). The number of nitrogens with zero attached hydrogens (tertiary/aromatic N) is 1. The maximum absolute atomic E-state index is 13.9. The Morgan fingerprint density at radius 3 is 2.37 bits per heavy atom. The van der Waals surface area contributed by atoms with E-state index in [9.17, 15) is 14.4 Å². The van der Waals surface area contributed by atoms with Crippen LogP contribution in [0.4, 0.5) is 11.4 Å². The van der Waals surface area contributed by atoms with Gasteiger partial charge < -0.3 is 24.9 Å². The van der Waals surface area contributed by atoms with Crippen LogP contribution in [0.1, 0.15) is 44.9 Å². The van der Waals surface area contributed by atoms with Crippen molar-refractivity contribution in [2.24, 2.45) is 0 Å². The summed E-state index contributed by atoms with van der Waals surface area (Å²) in [5, 5.41) is 6.40. The monoisotopic (exact) mass is 590 g/mol. The van der Waals surface area contributed by atoms with Gasteiger partial charge in [0.05, 0.1) is 5.69 Å². The number of carbonyl (C=O) groups excluding carboxylic acids is 3. The highest BCUT2D eigenvalue weighted by atomic mass is 35.5. The van der Waals surface area contributed by atoms with E-state index in [2.05, 4.69) is 15.3 Å². The molecule has 1 unspecified atom stereocenters. The Balaban J connectivity index is 1.19. The van der Waals surface area contributed by atoms with Crippen LogP contribution in [0.15, 0.2) is 78.9 Å². The van der Waals surface area contributed by atoms with Crippen molar-refractivity contribution in [2.75, 3.05) is 22.6 Å². The van der Waals surface area contributed by atoms with Crippen LogP contribution in [0.2, 0.25) is 0 Å². The summed E-state index contributed by atoms with van der Waals surface area (Å²) in [6.07, 6.45) is 0. The molecular weight excluding hydrogens is 564 g/mol. The van der Waals surface area contributed by atoms with Crippen molar-refractivity contribution in [3.8, 4) is 5.75 Å². The molecule has 0 fully saturated rings. The number of hydrogen-bond donors (Lipinski definition) is 3. The third-order valence-corrected chi connectivity index (χ3v) is 8.32. The molecule has 43 heavy (non-hydrogen) atoms. The Labute approximate surface area is 251 Å². The maximum Gasteiger partial charge on any atom is 0.308 e. The maximum atomic E-state index is 13.9. The number of H-pyrrole nitrogens is 2. The zero-order valence-electron chi connectivity index (χ0n) is 23.5. The highest BCUT2D eigenvalue weighted by Gasteiger charge is 2.35. The van der Waals surface area contributed by atoms with E-state index >= 15 is 0 Å². The third-order valence-electron chi connectivity index (χ3n) is 7.94. The Kier molecular flexibility index (Phi) is 6.43. The van der Waals surface area contributed by atoms with Crippen LogP contribution in [0.3, 0.4) is 0 Å². The Morgan fingerprint density at radius 2 is 1.60 bits per heavy atom. The number of fused-ring (bicyclic) bond motifs is 5. The van der Waals surface area contributed by atoms with Gasteiger partial charge in [0.25, 0.3) is 11.8 Å². The third kappa shape index (κ3) is 4.70. The van der Waals surface area contributed by atoms with Gasteiger partial charge in [-0.3, -0.25) is 14.4 Å². The van der Waals surface area contributed by atoms with Crippen LogP contribution in [0.25, 0.3) is 32.6 Å². The van der Waals surface area contributed by atoms with E-state index in [1.165, 1.54) is 6.92 Å². The molecule has 0 bridgehead atoms. The number of esters is 1. The van der Waals surface area contributed by atoms with Crippen molar-refractivity contribution in [3.05, 3.63) is 101 Å². The number of aromatic amines is 2. The van der Waals surface area contributed by atoms with Gasteiger partial charge in [0.2, 0.25) is 0 Å². The lowest BCUT2D eigenvalue weighted by atomic mass is 9.95. The van der Waals surface area contributed by atoms with Crippen LogP contribution in [-0.4, -0.2) is 40.2 Å². The summed E-state index contributed by atoms with van der Waals surface area (Å²) >= 11 is 6.41. The van der Waals surface area contributed by atoms with Gasteiger partial charge in [0.15, 0.2) is 0 Å². The zero-order chi connectivity index (χ0) is 29.8. The molecule has 0 aliphatic carbocycles. The summed E-state index contributed by atoms with van der Waals surface area (Å²) in [5.41, 5.74) is 5.88. The summed E-state index contributed by atoms with van der Waals surface area (Å²) < 4.78 is 5.55. The second kappa shape index (κ2) is 10.3. The molecule has 214 valence electrons. The number of benzene rings is 4. The first-order valence-electron chi connectivity index (χ1n) is 13.9. The minimum Gasteiger partial charge on any atom is -0.426 e. The summed E-state index contributed by atoms with van der Waals surface area (Å²) in [5.74, 6) is -0.272. The average molecular weight is 591 g/mol. The molecule has 1 aliphatic heterocycles. The number of ether oxygens (including phenoxy) is 1. The quantitative estimate of drug-likeness (QED) is 0.111. The fourth-order valence-corrected chi connectivity index (χ4v) is 6.27. The molecule has 4 aromatic carbocycles. The van der Waals surface area contributed by atoms with E-state index in [0.29, 0.717) is 40.9 Å². The number of aryl methyl sites for hydroxylation is 1. The molecule has 0 saturated carbocycles. The van der Waals surface area contributed by atoms with Crippen molar-refractivity contribution in [3.63, 3.8) is 0 Å². The van der Waals surface area contributed by atoms with Gasteiger partial charge in [-0.2, -0.15) is 0 Å². The molecule has 1 aliphatic rings. The molecule has 3 N–H and O–H groups in total. The van der Waals surface area contributed by atoms with E-state index in [-0.39, 0.29) is 17.7 Å². The van der Waals surface area contributed by atoms with E-state index in [0.717, 1.165) is 43.7 Å². The minimum atomic E-state index is -0.437. The van der Waals surface area contributed by atoms with Crippen LogP contribution < -0.4 is 15.0 Å². The van der Waals surface area contributed by atoms with E-state index in [1.54, 1.807) is 23.1 Å². The lowest BCUT2D eigenvalue weighted by Gasteiger charge is -2.18. The van der Waals surface area contributed by atoms with Crippen molar-refractivity contribution in [1.82, 2.24) is 9.97 Å². The first-order chi connectivity index (χ1) is 20.8. The Hall–Kier alpha value is -5.08. The summed E-state index contributed by atoms with van der Waals surface area (Å²) in [7, 11) is 0. The number of aromatic nitrogens is 2. The van der Waals surface area contributed by atoms with Crippen LogP contribution in [-0.2, 0) is 4.79 Å². The highest BCUT2D eigenvalue weighted by Crippen LogP contribution is 2.46. The molecule has 2 aromatic heterocycles. The number of nitrogens with one attached hydrogen (secondary N) is 3. The van der Waals surface area contributed by atoms with Gasteiger partial charge in [-0.05, 0) is 60.3 Å². The fourth-order valence-electron chi connectivity index (χ4n) is 6.01. The predicted molar refractivity (Wildman–Crippen MR) is 170 cm³/mol. The number of halogens is 1. The van der Waals surface area contributed by atoms with Crippen molar-refractivity contribution < 1.29 is 19.1 Å². The Bertz CT molecular complexity index is 2110. The van der Waals surface area contributed by atoms with Crippen molar-refractivity contribution in [1.29, 1.82) is 0 Å². The van der Waals surface area contributed by atoms with Crippen LogP contribution in [0, 0.1) is 6.92 Å². The topological polar surface area (TPSA) is 107 Å². The van der Waals surface area contributed by atoms with E-state index in [4.69, 9.17) is 16.3 Å². The van der Waals surface area contributed by atoms with E-state index in [1.807, 2.05) is 67.6 Å². The molecule has 0 saturated heterocycles. The van der Waals surface area contributed by atoms with Gasteiger partial charge >= 0.3 is 5.97 Å². The van der Waals surface area contributed by atoms with Gasteiger partial charge in [-0.25, -0.2) is 0 Å². The second-order valence-corrected chi connectivity index (χ2v) is 11.2. The highest BCUT2D eigenvalue weighted by molar-refractivity contribution is 6.19. The number of alkyl halides is 1. The summed E-state index contributed by atoms with van der Waals surface area (Å²) in [6.45, 7) is 3.76. The molecule has 2 amide bonds. The van der Waals surface area contributed by atoms with Gasteiger partial charge in [0, 0.05) is 64.2 Å². The van der Waals surface area contributed by atoms with Crippen molar-refractivity contribution >= 4 is 73.3 Å². The summed E-state index contributed by atoms with van der Waals surface area (Å²) in [4.78, 5) is 46.9. The Morgan fingerprint density at radius 1 is 0.907 bits per heavy atom. The number of anilines is 2. The lowest BCUT2D eigenvalue weighted by Crippen LogP contribution is -2.30. The van der Waals surface area contributed by atoms with Crippen LogP contribution >= 0.6 is 11.6 Å². The first-order valence-corrected chi connectivity index (χ1v) is 14.5.